The SMILES string of the molecule is COc1cc(COc2c(Br)cc(/C=C(/C#N)C(=O)Nc3ccccc3C)cc2Br)ccc1OCc1ccccc1. The molecule has 202 valence electrons. The molecular formula is C32H26Br2N2O4. The van der Waals surface area contributed by atoms with Crippen molar-refractivity contribution in [2.75, 3.05) is 12.4 Å². The highest BCUT2D eigenvalue weighted by atomic mass is 79.9. The number of ether oxygens (including phenoxy) is 3. The number of methoxy groups -OCH3 is 1. The predicted molar refractivity (Wildman–Crippen MR) is 163 cm³/mol. The number of nitrogens with one attached hydrogen (secondary N) is 1. The highest BCUT2D eigenvalue weighted by molar-refractivity contribution is 9.11. The molecule has 0 atom stereocenters. The van der Waals surface area contributed by atoms with Crippen LogP contribution in [0.3, 0.4) is 0 Å². The second kappa shape index (κ2) is 13.8. The van der Waals surface area contributed by atoms with Gasteiger partial charge >= 0.3 is 0 Å². The van der Waals surface area contributed by atoms with Crippen LogP contribution < -0.4 is 19.5 Å². The number of nitriles is 1. The fourth-order valence-corrected chi connectivity index (χ4v) is 5.28. The molecule has 0 aliphatic rings. The van der Waals surface area contributed by atoms with E-state index in [9.17, 15) is 10.1 Å². The first-order valence-electron chi connectivity index (χ1n) is 12.3. The lowest BCUT2D eigenvalue weighted by Gasteiger charge is -2.14. The number of hydrogen-bond donors (Lipinski definition) is 1. The molecule has 0 spiro atoms. The van der Waals surface area contributed by atoms with Crippen molar-refractivity contribution in [2.24, 2.45) is 0 Å². The van der Waals surface area contributed by atoms with Gasteiger partial charge in [-0.1, -0.05) is 54.6 Å². The van der Waals surface area contributed by atoms with Crippen LogP contribution in [-0.2, 0) is 18.0 Å². The zero-order valence-electron chi connectivity index (χ0n) is 21.9. The van der Waals surface area contributed by atoms with Crippen molar-refractivity contribution in [3.8, 4) is 23.3 Å². The molecule has 0 radical (unpaired) electrons. The van der Waals surface area contributed by atoms with E-state index in [1.165, 1.54) is 6.08 Å². The van der Waals surface area contributed by atoms with Crippen molar-refractivity contribution >= 4 is 49.5 Å². The Morgan fingerprint density at radius 3 is 2.23 bits per heavy atom. The van der Waals surface area contributed by atoms with Crippen molar-refractivity contribution in [3.05, 3.63) is 122 Å². The molecule has 0 aliphatic heterocycles. The molecule has 0 unspecified atom stereocenters. The zero-order valence-corrected chi connectivity index (χ0v) is 25.1. The van der Waals surface area contributed by atoms with Gasteiger partial charge < -0.3 is 19.5 Å². The number of hydrogen-bond acceptors (Lipinski definition) is 5. The molecule has 4 aromatic rings. The smallest absolute Gasteiger partial charge is 0.266 e. The number of nitrogens with zero attached hydrogens (tertiary/aromatic N) is 1. The van der Waals surface area contributed by atoms with E-state index in [1.807, 2.05) is 79.7 Å². The lowest BCUT2D eigenvalue weighted by molar-refractivity contribution is -0.112. The van der Waals surface area contributed by atoms with Gasteiger partial charge in [0.05, 0.1) is 16.1 Å². The van der Waals surface area contributed by atoms with Crippen molar-refractivity contribution in [2.45, 2.75) is 20.1 Å². The van der Waals surface area contributed by atoms with Crippen LogP contribution in [0.1, 0.15) is 22.3 Å². The van der Waals surface area contributed by atoms with Crippen LogP contribution in [0.2, 0.25) is 0 Å². The summed E-state index contributed by atoms with van der Waals surface area (Å²) in [6, 6.07) is 28.6. The maximum absolute atomic E-state index is 12.7. The molecule has 6 nitrogen and oxygen atoms in total. The Morgan fingerprint density at radius 2 is 1.55 bits per heavy atom. The normalized spacial score (nSPS) is 10.9. The third kappa shape index (κ3) is 7.53. The van der Waals surface area contributed by atoms with Crippen LogP contribution in [0.25, 0.3) is 6.08 Å². The van der Waals surface area contributed by atoms with Gasteiger partial charge in [0, 0.05) is 5.69 Å². The minimum absolute atomic E-state index is 0.0163. The van der Waals surface area contributed by atoms with E-state index in [2.05, 4.69) is 37.2 Å². The van der Waals surface area contributed by atoms with Crippen LogP contribution in [-0.4, -0.2) is 13.0 Å². The van der Waals surface area contributed by atoms with E-state index >= 15 is 0 Å². The summed E-state index contributed by atoms with van der Waals surface area (Å²) in [6.07, 6.45) is 1.53. The van der Waals surface area contributed by atoms with Crippen LogP contribution >= 0.6 is 31.9 Å². The highest BCUT2D eigenvalue weighted by Gasteiger charge is 2.14. The Morgan fingerprint density at radius 1 is 0.875 bits per heavy atom. The molecule has 1 amide bonds. The van der Waals surface area contributed by atoms with Crippen molar-refractivity contribution in [1.29, 1.82) is 5.26 Å². The molecule has 0 heterocycles. The van der Waals surface area contributed by atoms with Crippen molar-refractivity contribution in [1.82, 2.24) is 0 Å². The molecule has 4 aromatic carbocycles. The van der Waals surface area contributed by atoms with Gasteiger partial charge in [-0.2, -0.15) is 5.26 Å². The first kappa shape index (κ1) is 28.9. The first-order valence-corrected chi connectivity index (χ1v) is 13.9. The number of halogens is 2. The summed E-state index contributed by atoms with van der Waals surface area (Å²) in [5.41, 5.74) is 4.17. The Balaban J connectivity index is 1.44. The quantitative estimate of drug-likeness (QED) is 0.137. The van der Waals surface area contributed by atoms with Crippen LogP contribution in [0, 0.1) is 18.3 Å². The molecule has 0 aliphatic carbocycles. The number of para-hydroxylation sites is 1. The van der Waals surface area contributed by atoms with E-state index in [0.29, 0.717) is 44.1 Å². The highest BCUT2D eigenvalue weighted by Crippen LogP contribution is 2.37. The Hall–Kier alpha value is -4.06. The van der Waals surface area contributed by atoms with Gasteiger partial charge in [0.1, 0.15) is 30.6 Å². The molecule has 1 N–H and O–H groups in total. The van der Waals surface area contributed by atoms with E-state index in [-0.39, 0.29) is 12.2 Å². The number of amides is 1. The van der Waals surface area contributed by atoms with Gasteiger partial charge in [-0.05, 0) is 97.4 Å². The van der Waals surface area contributed by atoms with Gasteiger partial charge in [-0.15, -0.1) is 0 Å². The number of carbonyl (C=O) groups excluding carboxylic acids is 1. The summed E-state index contributed by atoms with van der Waals surface area (Å²) in [5.74, 6) is 1.37. The number of carbonyl (C=O) groups is 1. The Bertz CT molecular complexity index is 1560. The third-order valence-corrected chi connectivity index (χ3v) is 7.12. The average molecular weight is 662 g/mol. The monoisotopic (exact) mass is 660 g/mol. The largest absolute Gasteiger partial charge is 0.493 e. The summed E-state index contributed by atoms with van der Waals surface area (Å²) in [6.45, 7) is 2.61. The van der Waals surface area contributed by atoms with Crippen LogP contribution in [0.5, 0.6) is 17.2 Å². The predicted octanol–water partition coefficient (Wildman–Crippen LogP) is 8.23. The van der Waals surface area contributed by atoms with E-state index in [0.717, 1.165) is 16.7 Å². The second-order valence-electron chi connectivity index (χ2n) is 8.80. The molecule has 0 bridgehead atoms. The van der Waals surface area contributed by atoms with Crippen LogP contribution in [0.15, 0.2) is 99.4 Å². The fraction of sp³-hybridized carbons (Fsp3) is 0.125. The summed E-state index contributed by atoms with van der Waals surface area (Å²) in [5, 5.41) is 12.4. The van der Waals surface area contributed by atoms with Crippen LogP contribution in [0.4, 0.5) is 5.69 Å². The molecule has 4 rings (SSSR count). The topological polar surface area (TPSA) is 80.6 Å². The number of rotatable bonds is 10. The summed E-state index contributed by atoms with van der Waals surface area (Å²) in [4.78, 5) is 12.7. The second-order valence-corrected chi connectivity index (χ2v) is 10.5. The molecule has 40 heavy (non-hydrogen) atoms. The maximum atomic E-state index is 12.7. The Kier molecular flexibility index (Phi) is 10.0. The lowest BCUT2D eigenvalue weighted by Crippen LogP contribution is -2.14. The summed E-state index contributed by atoms with van der Waals surface area (Å²) in [7, 11) is 1.60. The van der Waals surface area contributed by atoms with Gasteiger partial charge in [0.15, 0.2) is 11.5 Å². The van der Waals surface area contributed by atoms with E-state index < -0.39 is 5.91 Å². The van der Waals surface area contributed by atoms with Gasteiger partial charge in [0.25, 0.3) is 5.91 Å². The lowest BCUT2D eigenvalue weighted by atomic mass is 10.1. The van der Waals surface area contributed by atoms with Gasteiger partial charge in [0.2, 0.25) is 0 Å². The third-order valence-electron chi connectivity index (χ3n) is 5.94. The number of benzene rings is 4. The number of anilines is 1. The van der Waals surface area contributed by atoms with Crippen molar-refractivity contribution in [3.63, 3.8) is 0 Å². The van der Waals surface area contributed by atoms with Crippen molar-refractivity contribution < 1.29 is 19.0 Å². The molecule has 0 saturated heterocycles. The molecule has 0 fully saturated rings. The van der Waals surface area contributed by atoms with E-state index in [1.54, 1.807) is 25.3 Å². The fourth-order valence-electron chi connectivity index (χ4n) is 3.83. The van der Waals surface area contributed by atoms with Gasteiger partial charge in [-0.3, -0.25) is 4.79 Å². The molecule has 0 saturated carbocycles. The zero-order chi connectivity index (χ0) is 28.5. The molecule has 0 aromatic heterocycles. The van der Waals surface area contributed by atoms with E-state index in [4.69, 9.17) is 14.2 Å². The average Bonchev–Trinajstić information content (AvgIpc) is 2.96. The number of aryl methyl sites for hydroxylation is 1. The minimum Gasteiger partial charge on any atom is -0.493 e. The molecular weight excluding hydrogens is 636 g/mol. The first-order chi connectivity index (χ1) is 19.4. The molecule has 8 heteroatoms. The Labute approximate surface area is 250 Å². The summed E-state index contributed by atoms with van der Waals surface area (Å²) < 4.78 is 18.9. The standard InChI is InChI=1S/C32H26Br2N2O4/c1-21-8-6-7-11-28(21)36-32(37)25(18-35)14-24-15-26(33)31(27(34)16-24)40-20-23-12-13-29(30(17-23)38-2)39-19-22-9-4-3-5-10-22/h3-17H,19-20H2,1-2H3,(H,36,37)/b25-14-. The maximum Gasteiger partial charge on any atom is 0.266 e. The minimum atomic E-state index is -0.477. The summed E-state index contributed by atoms with van der Waals surface area (Å²) >= 11 is 7.11. The van der Waals surface area contributed by atoms with Gasteiger partial charge in [-0.25, -0.2) is 0 Å².